The molecular weight excluding hydrogens is 386 g/mol. The fourth-order valence-electron chi connectivity index (χ4n) is 4.45. The fourth-order valence-corrected chi connectivity index (χ4v) is 4.45. The van der Waals surface area contributed by atoms with Crippen LogP contribution in [0.5, 0.6) is 11.5 Å². The molecule has 1 saturated heterocycles. The van der Waals surface area contributed by atoms with Gasteiger partial charge in [0.25, 0.3) is 11.7 Å². The zero-order chi connectivity index (χ0) is 21.3. The summed E-state index contributed by atoms with van der Waals surface area (Å²) < 4.78 is 16.2. The lowest BCUT2D eigenvalue weighted by atomic mass is 9.92. The number of hydrogen-bond donors (Lipinski definition) is 1. The van der Waals surface area contributed by atoms with E-state index in [1.54, 1.807) is 35.2 Å². The molecule has 0 spiro atoms. The van der Waals surface area contributed by atoms with E-state index in [4.69, 9.17) is 13.9 Å². The van der Waals surface area contributed by atoms with Gasteiger partial charge in [-0.3, -0.25) is 9.59 Å². The van der Waals surface area contributed by atoms with Crippen molar-refractivity contribution in [1.82, 2.24) is 4.90 Å². The minimum atomic E-state index is -0.754. The third-order valence-electron chi connectivity index (χ3n) is 5.92. The van der Waals surface area contributed by atoms with Gasteiger partial charge >= 0.3 is 0 Å². The van der Waals surface area contributed by atoms with Crippen LogP contribution >= 0.6 is 0 Å². The number of ether oxygens (including phenoxy) is 2. The Labute approximate surface area is 174 Å². The number of ketones is 1. The number of amides is 1. The van der Waals surface area contributed by atoms with E-state index in [1.165, 1.54) is 20.5 Å². The van der Waals surface area contributed by atoms with Gasteiger partial charge in [0, 0.05) is 11.6 Å². The summed E-state index contributed by atoms with van der Waals surface area (Å²) >= 11 is 0. The highest BCUT2D eigenvalue weighted by Gasteiger charge is 2.50. The second-order valence-electron chi connectivity index (χ2n) is 7.58. The molecule has 30 heavy (non-hydrogen) atoms. The highest BCUT2D eigenvalue weighted by atomic mass is 16.5. The van der Waals surface area contributed by atoms with Crippen LogP contribution in [0.4, 0.5) is 0 Å². The molecule has 1 atom stereocenters. The Kier molecular flexibility index (Phi) is 5.53. The lowest BCUT2D eigenvalue weighted by Gasteiger charge is -2.34. The van der Waals surface area contributed by atoms with Crippen LogP contribution in [-0.2, 0) is 9.59 Å². The molecule has 1 N–H and O–H groups in total. The maximum atomic E-state index is 13.0. The number of carbonyl (C=O) groups excluding carboxylic acids is 2. The Morgan fingerprint density at radius 1 is 1.07 bits per heavy atom. The highest BCUT2D eigenvalue weighted by molar-refractivity contribution is 6.46. The lowest BCUT2D eigenvalue weighted by Crippen LogP contribution is -2.40. The standard InChI is InChI=1S/C23H25NO6/c1-28-16-11-10-14(13-18(16)29-2)21(25)19-20(17-9-6-12-30-17)24(23(27)22(19)26)15-7-4-3-5-8-15/h6,9-13,15,20,25H,3-5,7-8H2,1-2H3/b21-19-. The van der Waals surface area contributed by atoms with Crippen LogP contribution < -0.4 is 9.47 Å². The number of methoxy groups -OCH3 is 2. The molecule has 2 fully saturated rings. The summed E-state index contributed by atoms with van der Waals surface area (Å²) in [5.74, 6) is -0.174. The topological polar surface area (TPSA) is 89.2 Å². The summed E-state index contributed by atoms with van der Waals surface area (Å²) in [5, 5.41) is 11.1. The Balaban J connectivity index is 1.84. The Morgan fingerprint density at radius 3 is 2.43 bits per heavy atom. The van der Waals surface area contributed by atoms with Crippen molar-refractivity contribution in [1.29, 1.82) is 0 Å². The summed E-state index contributed by atoms with van der Waals surface area (Å²) in [7, 11) is 3.01. The number of hydrogen-bond acceptors (Lipinski definition) is 6. The van der Waals surface area contributed by atoms with Gasteiger partial charge in [-0.05, 0) is 43.2 Å². The SMILES string of the molecule is COc1ccc(/C(O)=C2/C(=O)C(=O)N(C3CCCCC3)C2c2ccco2)cc1OC. The molecule has 2 aromatic rings. The zero-order valence-corrected chi connectivity index (χ0v) is 17.1. The number of carbonyl (C=O) groups is 2. The summed E-state index contributed by atoms with van der Waals surface area (Å²) in [6.07, 6.45) is 6.31. The van der Waals surface area contributed by atoms with E-state index in [0.29, 0.717) is 22.8 Å². The lowest BCUT2D eigenvalue weighted by molar-refractivity contribution is -0.142. The molecule has 0 bridgehead atoms. The van der Waals surface area contributed by atoms with Gasteiger partial charge in [-0.2, -0.15) is 0 Å². The molecule has 1 saturated carbocycles. The summed E-state index contributed by atoms with van der Waals surface area (Å²) in [5.41, 5.74) is 0.401. The first kappa shape index (κ1) is 20.1. The second-order valence-corrected chi connectivity index (χ2v) is 7.58. The van der Waals surface area contributed by atoms with Crippen molar-refractivity contribution in [2.45, 2.75) is 44.2 Å². The molecule has 2 heterocycles. The molecule has 2 aliphatic rings. The first-order valence-corrected chi connectivity index (χ1v) is 10.1. The quantitative estimate of drug-likeness (QED) is 0.454. The van der Waals surface area contributed by atoms with Crippen molar-refractivity contribution in [2.75, 3.05) is 14.2 Å². The second kappa shape index (κ2) is 8.26. The van der Waals surface area contributed by atoms with Gasteiger partial charge in [-0.25, -0.2) is 0 Å². The maximum absolute atomic E-state index is 13.0. The van der Waals surface area contributed by atoms with Gasteiger partial charge in [-0.15, -0.1) is 0 Å². The fraction of sp³-hybridized carbons (Fsp3) is 0.391. The summed E-state index contributed by atoms with van der Waals surface area (Å²) in [6.45, 7) is 0. The predicted octanol–water partition coefficient (Wildman–Crippen LogP) is 4.05. The molecule has 4 rings (SSSR count). The van der Waals surface area contributed by atoms with Crippen LogP contribution in [0.25, 0.3) is 5.76 Å². The molecule has 158 valence electrons. The van der Waals surface area contributed by atoms with E-state index in [-0.39, 0.29) is 17.4 Å². The first-order valence-electron chi connectivity index (χ1n) is 10.1. The summed E-state index contributed by atoms with van der Waals surface area (Å²) in [6, 6.07) is 7.50. The van der Waals surface area contributed by atoms with E-state index in [2.05, 4.69) is 0 Å². The highest BCUT2D eigenvalue weighted by Crippen LogP contribution is 2.43. The van der Waals surface area contributed by atoms with Crippen molar-refractivity contribution in [3.63, 3.8) is 0 Å². The van der Waals surface area contributed by atoms with Gasteiger partial charge in [0.2, 0.25) is 0 Å². The number of aliphatic hydroxyl groups excluding tert-OH is 1. The molecule has 1 unspecified atom stereocenters. The number of furan rings is 1. The van der Waals surface area contributed by atoms with Crippen molar-refractivity contribution in [3.05, 3.63) is 53.5 Å². The molecule has 1 aromatic carbocycles. The zero-order valence-electron chi connectivity index (χ0n) is 17.1. The average Bonchev–Trinajstić information content (AvgIpc) is 3.40. The van der Waals surface area contributed by atoms with Gasteiger partial charge in [-0.1, -0.05) is 19.3 Å². The Hall–Kier alpha value is -3.22. The number of rotatable bonds is 5. The van der Waals surface area contributed by atoms with Crippen LogP contribution in [0.1, 0.15) is 49.5 Å². The van der Waals surface area contributed by atoms with E-state index < -0.39 is 17.7 Å². The normalized spacial score (nSPS) is 21.8. The van der Waals surface area contributed by atoms with Crippen molar-refractivity contribution >= 4 is 17.4 Å². The van der Waals surface area contributed by atoms with Gasteiger partial charge in [0.1, 0.15) is 17.6 Å². The van der Waals surface area contributed by atoms with Crippen LogP contribution in [-0.4, -0.2) is 42.0 Å². The number of Topliss-reactive ketones (excluding diaryl/α,β-unsaturated/α-hetero) is 1. The van der Waals surface area contributed by atoms with Crippen LogP contribution in [0.15, 0.2) is 46.6 Å². The van der Waals surface area contributed by atoms with Crippen LogP contribution in [0.3, 0.4) is 0 Å². The van der Waals surface area contributed by atoms with E-state index in [1.807, 2.05) is 0 Å². The Bertz CT molecular complexity index is 972. The van der Waals surface area contributed by atoms with Gasteiger partial charge < -0.3 is 23.9 Å². The minimum Gasteiger partial charge on any atom is -0.507 e. The predicted molar refractivity (Wildman–Crippen MR) is 109 cm³/mol. The molecular formula is C23H25NO6. The first-order chi connectivity index (χ1) is 14.6. The van der Waals surface area contributed by atoms with Gasteiger partial charge in [0.15, 0.2) is 11.5 Å². The van der Waals surface area contributed by atoms with E-state index in [9.17, 15) is 14.7 Å². The van der Waals surface area contributed by atoms with Crippen LogP contribution in [0, 0.1) is 0 Å². The molecule has 1 amide bonds. The third-order valence-corrected chi connectivity index (χ3v) is 5.92. The van der Waals surface area contributed by atoms with Crippen molar-refractivity contribution in [2.24, 2.45) is 0 Å². The third kappa shape index (κ3) is 3.34. The smallest absolute Gasteiger partial charge is 0.296 e. The molecule has 1 aromatic heterocycles. The molecule has 7 heteroatoms. The van der Waals surface area contributed by atoms with E-state index >= 15 is 0 Å². The molecule has 1 aliphatic heterocycles. The van der Waals surface area contributed by atoms with Crippen molar-refractivity contribution in [3.8, 4) is 11.5 Å². The van der Waals surface area contributed by atoms with Crippen LogP contribution in [0.2, 0.25) is 0 Å². The molecule has 0 radical (unpaired) electrons. The minimum absolute atomic E-state index is 0.0349. The number of benzene rings is 1. The monoisotopic (exact) mass is 411 g/mol. The summed E-state index contributed by atoms with van der Waals surface area (Å²) in [4.78, 5) is 27.7. The number of aliphatic hydroxyl groups is 1. The maximum Gasteiger partial charge on any atom is 0.296 e. The number of nitrogens with zero attached hydrogens (tertiary/aromatic N) is 1. The number of likely N-dealkylation sites (tertiary alicyclic amines) is 1. The Morgan fingerprint density at radius 2 is 1.80 bits per heavy atom. The largest absolute Gasteiger partial charge is 0.507 e. The van der Waals surface area contributed by atoms with Gasteiger partial charge in [0.05, 0.1) is 26.1 Å². The molecule has 7 nitrogen and oxygen atoms in total. The van der Waals surface area contributed by atoms with Crippen molar-refractivity contribution < 1.29 is 28.6 Å². The molecule has 1 aliphatic carbocycles. The average molecular weight is 411 g/mol. The van der Waals surface area contributed by atoms with E-state index in [0.717, 1.165) is 32.1 Å².